The lowest BCUT2D eigenvalue weighted by molar-refractivity contribution is 0.183. The van der Waals surface area contributed by atoms with E-state index >= 15 is 0 Å². The summed E-state index contributed by atoms with van der Waals surface area (Å²) in [6.07, 6.45) is 6.29. The fourth-order valence-electron chi connectivity index (χ4n) is 2.92. The SMILES string of the molecule is COCCC(C)NC(C)c1ccc2c(c1)CCCC2. The van der Waals surface area contributed by atoms with Crippen molar-refractivity contribution in [2.45, 2.75) is 58.0 Å². The first-order chi connectivity index (χ1) is 9.20. The summed E-state index contributed by atoms with van der Waals surface area (Å²) in [5, 5.41) is 3.66. The number of benzene rings is 1. The fraction of sp³-hybridized carbons (Fsp3) is 0.647. The van der Waals surface area contributed by atoms with Crippen molar-refractivity contribution in [2.24, 2.45) is 0 Å². The summed E-state index contributed by atoms with van der Waals surface area (Å²) in [7, 11) is 1.76. The lowest BCUT2D eigenvalue weighted by atomic mass is 9.89. The van der Waals surface area contributed by atoms with Gasteiger partial charge in [0.05, 0.1) is 0 Å². The monoisotopic (exact) mass is 261 g/mol. The predicted molar refractivity (Wildman–Crippen MR) is 80.6 cm³/mol. The van der Waals surface area contributed by atoms with Crippen LogP contribution in [0.1, 0.15) is 55.8 Å². The maximum absolute atomic E-state index is 5.13. The Morgan fingerprint density at radius 2 is 1.89 bits per heavy atom. The van der Waals surface area contributed by atoms with Crippen LogP contribution in [0.2, 0.25) is 0 Å². The van der Waals surface area contributed by atoms with Crippen LogP contribution in [-0.4, -0.2) is 19.8 Å². The van der Waals surface area contributed by atoms with Gasteiger partial charge in [0, 0.05) is 25.8 Å². The van der Waals surface area contributed by atoms with Crippen molar-refractivity contribution in [2.75, 3.05) is 13.7 Å². The van der Waals surface area contributed by atoms with E-state index in [1.807, 2.05) is 0 Å². The highest BCUT2D eigenvalue weighted by atomic mass is 16.5. The minimum Gasteiger partial charge on any atom is -0.385 e. The van der Waals surface area contributed by atoms with Crippen molar-refractivity contribution in [1.29, 1.82) is 0 Å². The molecule has 2 heteroatoms. The second kappa shape index (κ2) is 7.06. The van der Waals surface area contributed by atoms with Crippen molar-refractivity contribution in [3.8, 4) is 0 Å². The Kier molecular flexibility index (Phi) is 5.41. The number of rotatable bonds is 6. The first kappa shape index (κ1) is 14.5. The van der Waals surface area contributed by atoms with Gasteiger partial charge >= 0.3 is 0 Å². The molecule has 0 aliphatic heterocycles. The van der Waals surface area contributed by atoms with Crippen LogP contribution in [-0.2, 0) is 17.6 Å². The highest BCUT2D eigenvalue weighted by Crippen LogP contribution is 2.25. The number of fused-ring (bicyclic) bond motifs is 1. The molecule has 0 saturated heterocycles. The third-order valence-electron chi connectivity index (χ3n) is 4.16. The van der Waals surface area contributed by atoms with E-state index in [0.29, 0.717) is 12.1 Å². The van der Waals surface area contributed by atoms with Gasteiger partial charge < -0.3 is 10.1 Å². The molecule has 1 aliphatic rings. The average Bonchev–Trinajstić information content (AvgIpc) is 2.44. The molecule has 2 atom stereocenters. The van der Waals surface area contributed by atoms with Gasteiger partial charge in [0.25, 0.3) is 0 Å². The van der Waals surface area contributed by atoms with Crippen molar-refractivity contribution >= 4 is 0 Å². The van der Waals surface area contributed by atoms with Crippen LogP contribution in [0.15, 0.2) is 18.2 Å². The lowest BCUT2D eigenvalue weighted by Gasteiger charge is -2.23. The summed E-state index contributed by atoms with van der Waals surface area (Å²) in [5.74, 6) is 0. The minimum absolute atomic E-state index is 0.416. The highest BCUT2D eigenvalue weighted by Gasteiger charge is 2.13. The standard InChI is InChI=1S/C17H27NO/c1-13(10-11-19-3)18-14(2)16-9-8-15-6-4-5-7-17(15)12-16/h8-9,12-14,18H,4-7,10-11H2,1-3H3. The van der Waals surface area contributed by atoms with Gasteiger partial charge in [-0.1, -0.05) is 18.2 Å². The smallest absolute Gasteiger partial charge is 0.0476 e. The van der Waals surface area contributed by atoms with Crippen LogP contribution in [0.5, 0.6) is 0 Å². The Labute approximate surface area is 117 Å². The molecule has 0 amide bonds. The molecule has 1 aromatic rings. The van der Waals surface area contributed by atoms with Crippen molar-refractivity contribution in [3.05, 3.63) is 34.9 Å². The Balaban J connectivity index is 1.97. The Morgan fingerprint density at radius 1 is 1.16 bits per heavy atom. The maximum Gasteiger partial charge on any atom is 0.0476 e. The molecule has 0 fully saturated rings. The van der Waals surface area contributed by atoms with Gasteiger partial charge in [0.1, 0.15) is 0 Å². The third-order valence-corrected chi connectivity index (χ3v) is 4.16. The van der Waals surface area contributed by atoms with Crippen LogP contribution >= 0.6 is 0 Å². The molecule has 1 N–H and O–H groups in total. The normalized spacial score (nSPS) is 17.8. The third kappa shape index (κ3) is 4.05. The number of ether oxygens (including phenoxy) is 1. The molecule has 106 valence electrons. The van der Waals surface area contributed by atoms with Crippen LogP contribution < -0.4 is 5.32 Å². The molecule has 19 heavy (non-hydrogen) atoms. The molecule has 0 heterocycles. The van der Waals surface area contributed by atoms with Crippen molar-refractivity contribution in [1.82, 2.24) is 5.32 Å². The topological polar surface area (TPSA) is 21.3 Å². The Bertz CT molecular complexity index is 402. The van der Waals surface area contributed by atoms with E-state index in [2.05, 4.69) is 37.4 Å². The van der Waals surface area contributed by atoms with E-state index in [9.17, 15) is 0 Å². The van der Waals surface area contributed by atoms with Gasteiger partial charge in [-0.2, -0.15) is 0 Å². The van der Waals surface area contributed by atoms with Crippen molar-refractivity contribution < 1.29 is 4.74 Å². The molecule has 0 spiro atoms. The first-order valence-corrected chi connectivity index (χ1v) is 7.57. The summed E-state index contributed by atoms with van der Waals surface area (Å²) in [5.41, 5.74) is 4.56. The van der Waals surface area contributed by atoms with E-state index in [0.717, 1.165) is 13.0 Å². The molecule has 0 radical (unpaired) electrons. The Morgan fingerprint density at radius 3 is 2.63 bits per heavy atom. The second-order valence-corrected chi connectivity index (χ2v) is 5.81. The molecule has 1 aliphatic carbocycles. The maximum atomic E-state index is 5.13. The number of methoxy groups -OCH3 is 1. The van der Waals surface area contributed by atoms with Gasteiger partial charge in [-0.05, 0) is 62.6 Å². The second-order valence-electron chi connectivity index (χ2n) is 5.81. The first-order valence-electron chi connectivity index (χ1n) is 7.57. The zero-order chi connectivity index (χ0) is 13.7. The molecule has 0 aromatic heterocycles. The van der Waals surface area contributed by atoms with Gasteiger partial charge in [-0.3, -0.25) is 0 Å². The zero-order valence-electron chi connectivity index (χ0n) is 12.5. The van der Waals surface area contributed by atoms with E-state index in [-0.39, 0.29) is 0 Å². The average molecular weight is 261 g/mol. The summed E-state index contributed by atoms with van der Waals surface area (Å²) < 4.78 is 5.13. The van der Waals surface area contributed by atoms with E-state index in [1.165, 1.54) is 31.2 Å². The predicted octanol–water partition coefficient (Wildman–Crippen LogP) is 3.64. The molecule has 2 nitrogen and oxygen atoms in total. The number of hydrogen-bond acceptors (Lipinski definition) is 2. The summed E-state index contributed by atoms with van der Waals surface area (Å²) in [6.45, 7) is 5.31. The van der Waals surface area contributed by atoms with Crippen LogP contribution in [0.4, 0.5) is 0 Å². The molecule has 2 rings (SSSR count). The molecule has 1 aromatic carbocycles. The van der Waals surface area contributed by atoms with Crippen LogP contribution in [0.25, 0.3) is 0 Å². The lowest BCUT2D eigenvalue weighted by Crippen LogP contribution is -2.30. The highest BCUT2D eigenvalue weighted by molar-refractivity contribution is 5.35. The van der Waals surface area contributed by atoms with Gasteiger partial charge in [0.15, 0.2) is 0 Å². The molecular formula is C17H27NO. The van der Waals surface area contributed by atoms with Crippen LogP contribution in [0, 0.1) is 0 Å². The summed E-state index contributed by atoms with van der Waals surface area (Å²) >= 11 is 0. The molecule has 0 bridgehead atoms. The molecule has 0 saturated carbocycles. The van der Waals surface area contributed by atoms with E-state index in [4.69, 9.17) is 4.74 Å². The largest absolute Gasteiger partial charge is 0.385 e. The fourth-order valence-corrected chi connectivity index (χ4v) is 2.92. The molecular weight excluding hydrogens is 234 g/mol. The number of hydrogen-bond donors (Lipinski definition) is 1. The van der Waals surface area contributed by atoms with Crippen LogP contribution in [0.3, 0.4) is 0 Å². The summed E-state index contributed by atoms with van der Waals surface area (Å²) in [4.78, 5) is 0. The number of aryl methyl sites for hydroxylation is 2. The minimum atomic E-state index is 0.416. The summed E-state index contributed by atoms with van der Waals surface area (Å²) in [6, 6.07) is 7.95. The quantitative estimate of drug-likeness (QED) is 0.844. The van der Waals surface area contributed by atoms with E-state index in [1.54, 1.807) is 18.2 Å². The molecule has 2 unspecified atom stereocenters. The van der Waals surface area contributed by atoms with Crippen molar-refractivity contribution in [3.63, 3.8) is 0 Å². The van der Waals surface area contributed by atoms with Gasteiger partial charge in [-0.25, -0.2) is 0 Å². The van der Waals surface area contributed by atoms with Gasteiger partial charge in [-0.15, -0.1) is 0 Å². The Hall–Kier alpha value is -0.860. The zero-order valence-corrected chi connectivity index (χ0v) is 12.5. The van der Waals surface area contributed by atoms with E-state index < -0.39 is 0 Å². The van der Waals surface area contributed by atoms with Gasteiger partial charge in [0.2, 0.25) is 0 Å². The number of nitrogens with one attached hydrogen (secondary N) is 1.